The van der Waals surface area contributed by atoms with Gasteiger partial charge < -0.3 is 20.9 Å². The Hall–Kier alpha value is 0.0569. The van der Waals surface area contributed by atoms with E-state index < -0.39 is 8.80 Å². The molecule has 0 aromatic heterocycles. The number of hydrogen-bond acceptors (Lipinski definition) is 4. The first-order valence-corrected chi connectivity index (χ1v) is 8.23. The summed E-state index contributed by atoms with van der Waals surface area (Å²) in [7, 11) is -1.05. The van der Waals surface area contributed by atoms with Crippen LogP contribution in [-0.4, -0.2) is 41.0 Å². The summed E-state index contributed by atoms with van der Waals surface area (Å²) in [6.07, 6.45) is 1.06. The summed E-state index contributed by atoms with van der Waals surface area (Å²) in [5.41, 5.74) is 11.2. The van der Waals surface area contributed by atoms with Crippen LogP contribution in [0, 0.1) is 0 Å². The van der Waals surface area contributed by atoms with Crippen LogP contribution in [-0.2, 0) is 9.47 Å². The monoisotopic (exact) mass is 234 g/mol. The van der Waals surface area contributed by atoms with Gasteiger partial charge in [0.15, 0.2) is 0 Å². The Balaban J connectivity index is 4.09. The first-order chi connectivity index (χ1) is 7.29. The van der Waals surface area contributed by atoms with E-state index in [9.17, 15) is 0 Å². The quantitative estimate of drug-likeness (QED) is 0.425. The fraction of sp³-hybridized carbons (Fsp3) is 1.00. The highest BCUT2D eigenvalue weighted by molar-refractivity contribution is 6.59. The molecule has 0 radical (unpaired) electrons. The molecule has 0 rings (SSSR count). The second-order valence-electron chi connectivity index (χ2n) is 3.55. The lowest BCUT2D eigenvalue weighted by molar-refractivity contribution is -0.0858. The molecule has 0 saturated carbocycles. The van der Waals surface area contributed by atoms with Crippen LogP contribution in [0.4, 0.5) is 0 Å². The fourth-order valence-electron chi connectivity index (χ4n) is 1.66. The number of hydrogen-bond donors (Lipinski definition) is 2. The van der Waals surface area contributed by atoms with Crippen LogP contribution in [0.1, 0.15) is 20.3 Å². The molecule has 0 aliphatic rings. The van der Waals surface area contributed by atoms with E-state index >= 15 is 0 Å². The Morgan fingerprint density at radius 1 is 1.00 bits per heavy atom. The van der Waals surface area contributed by atoms with E-state index in [-0.39, 0.29) is 5.91 Å². The maximum atomic E-state index is 5.64. The van der Waals surface area contributed by atoms with Gasteiger partial charge >= 0.3 is 0 Å². The number of nitrogens with two attached hydrogens (primary N) is 2. The lowest BCUT2D eigenvalue weighted by Gasteiger charge is -2.25. The summed E-state index contributed by atoms with van der Waals surface area (Å²) in [6.45, 7) is 6.91. The van der Waals surface area contributed by atoms with Gasteiger partial charge in [0.05, 0.1) is 0 Å². The lowest BCUT2D eigenvalue weighted by atomic mass is 10.5. The van der Waals surface area contributed by atoms with E-state index in [0.29, 0.717) is 13.2 Å². The summed E-state index contributed by atoms with van der Waals surface area (Å²) in [6, 6.07) is 2.24. The van der Waals surface area contributed by atoms with Crippen LogP contribution in [0.15, 0.2) is 0 Å². The second kappa shape index (κ2) is 10.6. The smallest absolute Gasteiger partial charge is 0.138 e. The van der Waals surface area contributed by atoms with Gasteiger partial charge in [-0.3, -0.25) is 0 Å². The largest absolute Gasteiger partial charge is 0.357 e. The van der Waals surface area contributed by atoms with E-state index in [1.165, 1.54) is 6.04 Å². The zero-order chi connectivity index (χ0) is 11.5. The maximum Gasteiger partial charge on any atom is 0.138 e. The van der Waals surface area contributed by atoms with Crippen molar-refractivity contribution in [3.05, 3.63) is 0 Å². The van der Waals surface area contributed by atoms with Crippen molar-refractivity contribution in [3.8, 4) is 0 Å². The van der Waals surface area contributed by atoms with Crippen molar-refractivity contribution in [1.29, 1.82) is 0 Å². The Morgan fingerprint density at radius 3 is 2.00 bits per heavy atom. The molecule has 4 nitrogen and oxygen atoms in total. The first-order valence-electron chi connectivity index (χ1n) is 5.93. The average molecular weight is 234 g/mol. The summed E-state index contributed by atoms with van der Waals surface area (Å²) in [5, 5.41) is 0. The maximum absolute atomic E-state index is 5.64. The minimum absolute atomic E-state index is 0.0232. The van der Waals surface area contributed by atoms with E-state index in [0.717, 1.165) is 25.6 Å². The molecule has 5 heteroatoms. The Bertz CT molecular complexity index is 133. The molecule has 15 heavy (non-hydrogen) atoms. The molecular weight excluding hydrogens is 208 g/mol. The van der Waals surface area contributed by atoms with Crippen LogP contribution >= 0.6 is 0 Å². The van der Waals surface area contributed by atoms with Crippen molar-refractivity contribution < 1.29 is 9.47 Å². The summed E-state index contributed by atoms with van der Waals surface area (Å²) in [4.78, 5) is 0. The van der Waals surface area contributed by atoms with Gasteiger partial charge in [-0.1, -0.05) is 6.04 Å². The topological polar surface area (TPSA) is 70.5 Å². The predicted molar refractivity (Wildman–Crippen MR) is 66.5 cm³/mol. The Kier molecular flexibility index (Phi) is 10.6. The fourth-order valence-corrected chi connectivity index (χ4v) is 4.61. The molecular formula is C10H26N2O2Si. The third-order valence-corrected chi connectivity index (χ3v) is 5.74. The van der Waals surface area contributed by atoms with Crippen molar-refractivity contribution in [1.82, 2.24) is 0 Å². The molecule has 92 valence electrons. The first kappa shape index (κ1) is 15.1. The number of rotatable bonds is 10. The number of ether oxygens (including phenoxy) is 2. The molecule has 0 aromatic carbocycles. The standard InChI is InChI=1S/C10H26N2O2Si/c1-3-13-10(14-4-2)15(9-7-12)8-5-6-11/h10,15H,3-9,11-12H2,1-2H3. The van der Waals surface area contributed by atoms with Crippen molar-refractivity contribution >= 4 is 8.80 Å². The SMILES string of the molecule is CCOC(OCC)[SiH](CCN)CCCN. The van der Waals surface area contributed by atoms with Gasteiger partial charge in [0.1, 0.15) is 14.7 Å². The molecule has 1 unspecified atom stereocenters. The third kappa shape index (κ3) is 7.02. The van der Waals surface area contributed by atoms with Crippen LogP contribution in [0.3, 0.4) is 0 Å². The van der Waals surface area contributed by atoms with E-state index in [1.54, 1.807) is 0 Å². The van der Waals surface area contributed by atoms with Gasteiger partial charge in [0, 0.05) is 13.2 Å². The normalized spacial score (nSPS) is 13.4. The molecule has 0 saturated heterocycles. The van der Waals surface area contributed by atoms with Gasteiger partial charge in [0.2, 0.25) is 0 Å². The molecule has 0 aromatic rings. The Morgan fingerprint density at radius 2 is 1.60 bits per heavy atom. The summed E-state index contributed by atoms with van der Waals surface area (Å²) >= 11 is 0. The molecule has 0 heterocycles. The predicted octanol–water partition coefficient (Wildman–Crippen LogP) is 0.459. The second-order valence-corrected chi connectivity index (χ2v) is 6.77. The highest BCUT2D eigenvalue weighted by Gasteiger charge is 2.22. The van der Waals surface area contributed by atoms with E-state index in [1.807, 2.05) is 13.8 Å². The lowest BCUT2D eigenvalue weighted by Crippen LogP contribution is -2.37. The summed E-state index contributed by atoms with van der Waals surface area (Å²) in [5.74, 6) is 0.0232. The third-order valence-electron chi connectivity index (χ3n) is 2.36. The minimum atomic E-state index is -1.05. The average Bonchev–Trinajstić information content (AvgIpc) is 2.24. The molecule has 1 atom stereocenters. The molecule has 0 aliphatic carbocycles. The van der Waals surface area contributed by atoms with Crippen LogP contribution in [0.2, 0.25) is 12.1 Å². The zero-order valence-corrected chi connectivity index (χ0v) is 11.2. The minimum Gasteiger partial charge on any atom is -0.357 e. The molecule has 0 fully saturated rings. The van der Waals surface area contributed by atoms with Crippen LogP contribution in [0.25, 0.3) is 0 Å². The van der Waals surface area contributed by atoms with Crippen molar-refractivity contribution in [2.24, 2.45) is 11.5 Å². The van der Waals surface area contributed by atoms with Crippen molar-refractivity contribution in [3.63, 3.8) is 0 Å². The van der Waals surface area contributed by atoms with Gasteiger partial charge in [0.25, 0.3) is 0 Å². The molecule has 0 aliphatic heterocycles. The Labute approximate surface area is 94.9 Å². The molecule has 4 N–H and O–H groups in total. The molecule has 0 amide bonds. The van der Waals surface area contributed by atoms with Gasteiger partial charge in [-0.2, -0.15) is 0 Å². The molecule has 0 bridgehead atoms. The van der Waals surface area contributed by atoms with E-state index in [2.05, 4.69) is 0 Å². The van der Waals surface area contributed by atoms with Gasteiger partial charge in [-0.15, -0.1) is 0 Å². The highest BCUT2D eigenvalue weighted by atomic mass is 28.3. The van der Waals surface area contributed by atoms with Gasteiger partial charge in [-0.25, -0.2) is 0 Å². The van der Waals surface area contributed by atoms with Crippen molar-refractivity contribution in [2.45, 2.75) is 38.3 Å². The zero-order valence-electron chi connectivity index (χ0n) is 10.1. The van der Waals surface area contributed by atoms with Gasteiger partial charge in [-0.05, 0) is 39.4 Å². The molecule has 0 spiro atoms. The van der Waals surface area contributed by atoms with Crippen LogP contribution < -0.4 is 11.5 Å². The van der Waals surface area contributed by atoms with Crippen molar-refractivity contribution in [2.75, 3.05) is 26.3 Å². The van der Waals surface area contributed by atoms with Crippen LogP contribution in [0.5, 0.6) is 0 Å². The highest BCUT2D eigenvalue weighted by Crippen LogP contribution is 2.11. The van der Waals surface area contributed by atoms with E-state index in [4.69, 9.17) is 20.9 Å². The summed E-state index contributed by atoms with van der Waals surface area (Å²) < 4.78 is 11.3.